The lowest BCUT2D eigenvalue weighted by molar-refractivity contribution is 0.281. The molecule has 1 saturated carbocycles. The first-order valence-electron chi connectivity index (χ1n) is 6.57. The molecule has 17 heavy (non-hydrogen) atoms. The third-order valence-electron chi connectivity index (χ3n) is 3.66. The Morgan fingerprint density at radius 2 is 1.76 bits per heavy atom. The second-order valence-electron chi connectivity index (χ2n) is 5.74. The highest BCUT2D eigenvalue weighted by atomic mass is 35.5. The normalized spacial score (nSPS) is 29.1. The van der Waals surface area contributed by atoms with Gasteiger partial charge < -0.3 is 5.32 Å². The number of aryl methyl sites for hydroxylation is 1. The molecule has 2 heteroatoms. The van der Waals surface area contributed by atoms with Gasteiger partial charge in [-0.2, -0.15) is 0 Å². The van der Waals surface area contributed by atoms with E-state index in [2.05, 4.69) is 38.2 Å². The molecule has 1 aromatic carbocycles. The molecule has 0 spiro atoms. The van der Waals surface area contributed by atoms with Crippen molar-refractivity contribution in [3.05, 3.63) is 28.8 Å². The Bertz CT molecular complexity index is 379. The summed E-state index contributed by atoms with van der Waals surface area (Å²) in [5.41, 5.74) is 2.30. The van der Waals surface area contributed by atoms with Gasteiger partial charge in [0.1, 0.15) is 0 Å². The van der Waals surface area contributed by atoms with Crippen LogP contribution in [0.4, 0.5) is 5.69 Å². The van der Waals surface area contributed by atoms with Gasteiger partial charge in [-0.3, -0.25) is 0 Å². The SMILES string of the molecule is Cc1ccc(NC2CC(C)CC(C)C2)c(Cl)c1. The highest BCUT2D eigenvalue weighted by Crippen LogP contribution is 2.32. The molecule has 1 aliphatic carbocycles. The minimum atomic E-state index is 0.578. The summed E-state index contributed by atoms with van der Waals surface area (Å²) in [5, 5.41) is 4.45. The molecule has 2 atom stereocenters. The van der Waals surface area contributed by atoms with Gasteiger partial charge in [-0.1, -0.05) is 31.5 Å². The molecule has 0 heterocycles. The zero-order chi connectivity index (χ0) is 12.4. The van der Waals surface area contributed by atoms with Crippen LogP contribution in [0.1, 0.15) is 38.7 Å². The molecule has 1 fully saturated rings. The van der Waals surface area contributed by atoms with E-state index in [1.165, 1.54) is 24.8 Å². The Hall–Kier alpha value is -0.690. The maximum Gasteiger partial charge on any atom is 0.0640 e. The zero-order valence-electron chi connectivity index (χ0n) is 11.0. The molecule has 0 bridgehead atoms. The molecule has 1 aromatic rings. The van der Waals surface area contributed by atoms with Crippen molar-refractivity contribution >= 4 is 17.3 Å². The summed E-state index contributed by atoms with van der Waals surface area (Å²) in [4.78, 5) is 0. The topological polar surface area (TPSA) is 12.0 Å². The van der Waals surface area contributed by atoms with Crippen LogP contribution in [0, 0.1) is 18.8 Å². The average molecular weight is 252 g/mol. The van der Waals surface area contributed by atoms with Crippen LogP contribution < -0.4 is 5.32 Å². The van der Waals surface area contributed by atoms with Crippen LogP contribution in [0.25, 0.3) is 0 Å². The second-order valence-corrected chi connectivity index (χ2v) is 6.15. The fraction of sp³-hybridized carbons (Fsp3) is 0.600. The summed E-state index contributed by atoms with van der Waals surface area (Å²) in [6, 6.07) is 6.82. The minimum Gasteiger partial charge on any atom is -0.381 e. The molecule has 0 aliphatic heterocycles. The van der Waals surface area contributed by atoms with Crippen molar-refractivity contribution in [1.29, 1.82) is 0 Å². The Morgan fingerprint density at radius 1 is 1.12 bits per heavy atom. The monoisotopic (exact) mass is 251 g/mol. The third-order valence-corrected chi connectivity index (χ3v) is 3.98. The van der Waals surface area contributed by atoms with Gasteiger partial charge in [-0.25, -0.2) is 0 Å². The maximum atomic E-state index is 6.26. The standard InChI is InChI=1S/C15H22ClN/c1-10-4-5-15(14(16)9-10)17-13-7-11(2)6-12(3)8-13/h4-5,9,11-13,17H,6-8H2,1-3H3. The van der Waals surface area contributed by atoms with Crippen LogP contribution in [0.3, 0.4) is 0 Å². The van der Waals surface area contributed by atoms with Crippen molar-refractivity contribution in [3.8, 4) is 0 Å². The first-order chi connectivity index (χ1) is 8.04. The quantitative estimate of drug-likeness (QED) is 0.790. The number of hydrogen-bond donors (Lipinski definition) is 1. The van der Waals surface area contributed by atoms with Crippen LogP contribution in [0.2, 0.25) is 5.02 Å². The second kappa shape index (κ2) is 5.30. The molecular formula is C15H22ClN. The van der Waals surface area contributed by atoms with Gasteiger partial charge in [0.15, 0.2) is 0 Å². The van der Waals surface area contributed by atoms with Gasteiger partial charge in [-0.05, 0) is 55.7 Å². The zero-order valence-corrected chi connectivity index (χ0v) is 11.7. The number of benzene rings is 1. The molecule has 0 saturated heterocycles. The number of halogens is 1. The van der Waals surface area contributed by atoms with Crippen molar-refractivity contribution in [3.63, 3.8) is 0 Å². The predicted octanol–water partition coefficient (Wildman–Crippen LogP) is 4.89. The third kappa shape index (κ3) is 3.38. The molecule has 0 radical (unpaired) electrons. The van der Waals surface area contributed by atoms with Gasteiger partial charge in [-0.15, -0.1) is 0 Å². The van der Waals surface area contributed by atoms with Crippen LogP contribution in [0.5, 0.6) is 0 Å². The molecule has 1 aliphatic rings. The van der Waals surface area contributed by atoms with Crippen molar-refractivity contribution < 1.29 is 0 Å². The summed E-state index contributed by atoms with van der Waals surface area (Å²) in [6.07, 6.45) is 3.88. The van der Waals surface area contributed by atoms with Crippen LogP contribution in [-0.2, 0) is 0 Å². The summed E-state index contributed by atoms with van der Waals surface area (Å²) < 4.78 is 0. The Labute approximate surface area is 110 Å². The van der Waals surface area contributed by atoms with E-state index in [0.29, 0.717) is 6.04 Å². The first kappa shape index (κ1) is 12.8. The maximum absolute atomic E-state index is 6.26. The fourth-order valence-electron chi connectivity index (χ4n) is 3.02. The molecule has 0 aromatic heterocycles. The van der Waals surface area contributed by atoms with Gasteiger partial charge in [0, 0.05) is 6.04 Å². The van der Waals surface area contributed by atoms with Crippen molar-refractivity contribution in [2.24, 2.45) is 11.8 Å². The van der Waals surface area contributed by atoms with Gasteiger partial charge in [0.05, 0.1) is 10.7 Å². The number of nitrogens with one attached hydrogen (secondary N) is 1. The van der Waals surface area contributed by atoms with E-state index in [-0.39, 0.29) is 0 Å². The minimum absolute atomic E-state index is 0.578. The van der Waals surface area contributed by atoms with E-state index < -0.39 is 0 Å². The number of hydrogen-bond acceptors (Lipinski definition) is 1. The highest BCUT2D eigenvalue weighted by Gasteiger charge is 2.24. The van der Waals surface area contributed by atoms with E-state index >= 15 is 0 Å². The van der Waals surface area contributed by atoms with Gasteiger partial charge >= 0.3 is 0 Å². The molecule has 0 amide bonds. The van der Waals surface area contributed by atoms with E-state index in [4.69, 9.17) is 11.6 Å². The summed E-state index contributed by atoms with van der Waals surface area (Å²) in [6.45, 7) is 6.77. The first-order valence-corrected chi connectivity index (χ1v) is 6.95. The Kier molecular flexibility index (Phi) is 3.98. The average Bonchev–Trinajstić information content (AvgIpc) is 2.21. The van der Waals surface area contributed by atoms with Gasteiger partial charge in [0.2, 0.25) is 0 Å². The highest BCUT2D eigenvalue weighted by molar-refractivity contribution is 6.33. The number of rotatable bonds is 2. The molecule has 2 rings (SSSR count). The van der Waals surface area contributed by atoms with E-state index in [1.807, 2.05) is 6.07 Å². The Balaban J connectivity index is 2.04. The van der Waals surface area contributed by atoms with Crippen LogP contribution in [0.15, 0.2) is 18.2 Å². The van der Waals surface area contributed by atoms with Crippen molar-refractivity contribution in [2.45, 2.75) is 46.1 Å². The summed E-state index contributed by atoms with van der Waals surface area (Å²) in [5.74, 6) is 1.64. The fourth-order valence-corrected chi connectivity index (χ4v) is 3.31. The van der Waals surface area contributed by atoms with Crippen LogP contribution >= 0.6 is 11.6 Å². The van der Waals surface area contributed by atoms with Crippen molar-refractivity contribution in [1.82, 2.24) is 0 Å². The number of anilines is 1. The van der Waals surface area contributed by atoms with E-state index in [1.54, 1.807) is 0 Å². The smallest absolute Gasteiger partial charge is 0.0640 e. The largest absolute Gasteiger partial charge is 0.381 e. The van der Waals surface area contributed by atoms with Crippen LogP contribution in [-0.4, -0.2) is 6.04 Å². The Morgan fingerprint density at radius 3 is 2.35 bits per heavy atom. The molecule has 2 unspecified atom stereocenters. The molecule has 1 nitrogen and oxygen atoms in total. The summed E-state index contributed by atoms with van der Waals surface area (Å²) >= 11 is 6.26. The predicted molar refractivity (Wildman–Crippen MR) is 75.8 cm³/mol. The van der Waals surface area contributed by atoms with Crippen molar-refractivity contribution in [2.75, 3.05) is 5.32 Å². The molecular weight excluding hydrogens is 230 g/mol. The molecule has 94 valence electrons. The lowest BCUT2D eigenvalue weighted by atomic mass is 9.80. The molecule has 1 N–H and O–H groups in total. The summed E-state index contributed by atoms with van der Waals surface area (Å²) in [7, 11) is 0. The lowest BCUT2D eigenvalue weighted by Gasteiger charge is -2.32. The van der Waals surface area contributed by atoms with E-state index in [9.17, 15) is 0 Å². The lowest BCUT2D eigenvalue weighted by Crippen LogP contribution is -2.30. The van der Waals surface area contributed by atoms with Gasteiger partial charge in [0.25, 0.3) is 0 Å². The van der Waals surface area contributed by atoms with E-state index in [0.717, 1.165) is 22.5 Å².